The second-order valence-corrected chi connectivity index (χ2v) is 5.35. The fraction of sp³-hybridized carbons (Fsp3) is 0.533. The van der Waals surface area contributed by atoms with Crippen molar-refractivity contribution in [2.24, 2.45) is 0 Å². The van der Waals surface area contributed by atoms with Crippen LogP contribution in [-0.2, 0) is 12.6 Å². The lowest BCUT2D eigenvalue weighted by molar-refractivity contribution is -0.137. The quantitative estimate of drug-likeness (QED) is 0.896. The Labute approximate surface area is 126 Å². The molecule has 0 radical (unpaired) electrons. The van der Waals surface area contributed by atoms with Crippen molar-refractivity contribution in [1.82, 2.24) is 10.2 Å². The predicted molar refractivity (Wildman–Crippen MR) is 75.4 cm³/mol. The van der Waals surface area contributed by atoms with Gasteiger partial charge in [0.25, 0.3) is 0 Å². The first kappa shape index (κ1) is 16.6. The van der Waals surface area contributed by atoms with Crippen LogP contribution in [0.3, 0.4) is 0 Å². The molecular formula is C15H19F3N2O2. The number of nitrogens with one attached hydrogen (secondary N) is 1. The zero-order valence-corrected chi connectivity index (χ0v) is 12.1. The maximum atomic E-state index is 12.4. The summed E-state index contributed by atoms with van der Waals surface area (Å²) in [6, 6.07) is 4.55. The van der Waals surface area contributed by atoms with E-state index in [-0.39, 0.29) is 18.7 Å². The number of amides is 2. The molecule has 0 aliphatic carbocycles. The van der Waals surface area contributed by atoms with Crippen LogP contribution in [0.2, 0.25) is 0 Å². The average Bonchev–Trinajstić information content (AvgIpc) is 2.95. The molecule has 7 heteroatoms. The summed E-state index contributed by atoms with van der Waals surface area (Å²) in [6.45, 7) is 0.919. The number of hydrogen-bond acceptors (Lipinski definition) is 2. The average molecular weight is 316 g/mol. The first-order valence-corrected chi connectivity index (χ1v) is 7.23. The molecule has 1 aliphatic heterocycles. The van der Waals surface area contributed by atoms with E-state index in [4.69, 9.17) is 5.11 Å². The van der Waals surface area contributed by atoms with Crippen LogP contribution in [0.1, 0.15) is 24.0 Å². The molecule has 0 saturated carbocycles. The fourth-order valence-electron chi connectivity index (χ4n) is 2.57. The second-order valence-electron chi connectivity index (χ2n) is 5.35. The number of alkyl halides is 3. The maximum Gasteiger partial charge on any atom is 0.416 e. The van der Waals surface area contributed by atoms with Gasteiger partial charge in [-0.2, -0.15) is 13.2 Å². The highest BCUT2D eigenvalue weighted by molar-refractivity contribution is 5.74. The van der Waals surface area contributed by atoms with Crippen molar-refractivity contribution in [2.75, 3.05) is 19.7 Å². The number of aliphatic hydroxyl groups is 1. The zero-order valence-electron chi connectivity index (χ0n) is 12.1. The van der Waals surface area contributed by atoms with Crippen molar-refractivity contribution in [3.63, 3.8) is 0 Å². The van der Waals surface area contributed by atoms with Gasteiger partial charge < -0.3 is 15.3 Å². The van der Waals surface area contributed by atoms with E-state index in [2.05, 4.69) is 5.32 Å². The number of carbonyl (C=O) groups excluding carboxylic acids is 1. The first-order chi connectivity index (χ1) is 10.4. The molecule has 2 amide bonds. The van der Waals surface area contributed by atoms with Gasteiger partial charge in [-0.15, -0.1) is 0 Å². The summed E-state index contributed by atoms with van der Waals surface area (Å²) in [7, 11) is 0. The fourth-order valence-corrected chi connectivity index (χ4v) is 2.57. The van der Waals surface area contributed by atoms with Crippen LogP contribution < -0.4 is 5.32 Å². The van der Waals surface area contributed by atoms with Gasteiger partial charge in [0.1, 0.15) is 0 Å². The SMILES string of the molecule is O=C(NCCc1ccc(C(F)(F)F)cc1)N1CCC[C@@H]1CO. The summed E-state index contributed by atoms with van der Waals surface area (Å²) in [5, 5.41) is 11.9. The third-order valence-electron chi connectivity index (χ3n) is 3.82. The molecule has 0 bridgehead atoms. The van der Waals surface area contributed by atoms with Crippen LogP contribution in [0.15, 0.2) is 24.3 Å². The van der Waals surface area contributed by atoms with Crippen molar-refractivity contribution in [3.8, 4) is 0 Å². The monoisotopic (exact) mass is 316 g/mol. The summed E-state index contributed by atoms with van der Waals surface area (Å²) < 4.78 is 37.3. The highest BCUT2D eigenvalue weighted by Crippen LogP contribution is 2.29. The van der Waals surface area contributed by atoms with Crippen LogP contribution >= 0.6 is 0 Å². The van der Waals surface area contributed by atoms with Gasteiger partial charge in [-0.3, -0.25) is 0 Å². The van der Waals surface area contributed by atoms with E-state index >= 15 is 0 Å². The van der Waals surface area contributed by atoms with Gasteiger partial charge in [-0.1, -0.05) is 12.1 Å². The van der Waals surface area contributed by atoms with Crippen molar-refractivity contribution < 1.29 is 23.1 Å². The number of rotatable bonds is 4. The Balaban J connectivity index is 1.80. The van der Waals surface area contributed by atoms with Gasteiger partial charge in [0, 0.05) is 13.1 Å². The topological polar surface area (TPSA) is 52.6 Å². The number of nitrogens with zero attached hydrogens (tertiary/aromatic N) is 1. The third kappa shape index (κ3) is 4.13. The van der Waals surface area contributed by atoms with Crippen molar-refractivity contribution >= 4 is 6.03 Å². The summed E-state index contributed by atoms with van der Waals surface area (Å²) in [4.78, 5) is 13.5. The lowest BCUT2D eigenvalue weighted by Crippen LogP contribution is -2.44. The first-order valence-electron chi connectivity index (χ1n) is 7.23. The summed E-state index contributed by atoms with van der Waals surface area (Å²) >= 11 is 0. The largest absolute Gasteiger partial charge is 0.416 e. The molecule has 0 unspecified atom stereocenters. The molecule has 1 aromatic rings. The molecule has 1 aliphatic rings. The number of urea groups is 1. The molecule has 4 nitrogen and oxygen atoms in total. The Kier molecular flexibility index (Phi) is 5.28. The number of hydrogen-bond donors (Lipinski definition) is 2. The minimum atomic E-state index is -4.33. The van der Waals surface area contributed by atoms with Crippen LogP contribution in [-0.4, -0.2) is 41.8 Å². The van der Waals surface area contributed by atoms with Crippen molar-refractivity contribution in [1.29, 1.82) is 0 Å². The van der Waals surface area contributed by atoms with E-state index in [0.717, 1.165) is 30.5 Å². The Morgan fingerprint density at radius 3 is 2.59 bits per heavy atom. The normalized spacial score (nSPS) is 18.5. The lowest BCUT2D eigenvalue weighted by atomic mass is 10.1. The van der Waals surface area contributed by atoms with Crippen molar-refractivity contribution in [3.05, 3.63) is 35.4 Å². The predicted octanol–water partition coefficient (Wildman–Crippen LogP) is 2.41. The van der Waals surface area contributed by atoms with Gasteiger partial charge in [-0.05, 0) is 37.0 Å². The van der Waals surface area contributed by atoms with E-state index in [0.29, 0.717) is 19.5 Å². The molecule has 2 N–H and O–H groups in total. The molecule has 1 saturated heterocycles. The molecule has 122 valence electrons. The number of benzene rings is 1. The Morgan fingerprint density at radius 1 is 1.32 bits per heavy atom. The van der Waals surface area contributed by atoms with Crippen LogP contribution in [0.4, 0.5) is 18.0 Å². The summed E-state index contributed by atoms with van der Waals surface area (Å²) in [5.41, 5.74) is 0.0524. The van der Waals surface area contributed by atoms with Gasteiger partial charge in [0.15, 0.2) is 0 Å². The molecule has 1 aromatic carbocycles. The van der Waals surface area contributed by atoms with Gasteiger partial charge in [0.2, 0.25) is 0 Å². The highest BCUT2D eigenvalue weighted by atomic mass is 19.4. The summed E-state index contributed by atoms with van der Waals surface area (Å²) in [6.07, 6.45) is -2.20. The summed E-state index contributed by atoms with van der Waals surface area (Å²) in [5.74, 6) is 0. The number of aliphatic hydroxyl groups excluding tert-OH is 1. The molecule has 1 heterocycles. The van der Waals surface area contributed by atoms with Crippen LogP contribution in [0.25, 0.3) is 0 Å². The van der Waals surface area contributed by atoms with Gasteiger partial charge in [0.05, 0.1) is 18.2 Å². The molecule has 0 aromatic heterocycles. The van der Waals surface area contributed by atoms with E-state index in [1.807, 2.05) is 0 Å². The zero-order chi connectivity index (χ0) is 16.2. The lowest BCUT2D eigenvalue weighted by Gasteiger charge is -2.23. The van der Waals surface area contributed by atoms with Gasteiger partial charge in [-0.25, -0.2) is 4.79 Å². The molecule has 1 atom stereocenters. The Hall–Kier alpha value is -1.76. The number of halogens is 3. The van der Waals surface area contributed by atoms with E-state index in [1.54, 1.807) is 4.90 Å². The Bertz CT molecular complexity index is 503. The van der Waals surface area contributed by atoms with E-state index < -0.39 is 11.7 Å². The minimum absolute atomic E-state index is 0.0493. The molecule has 22 heavy (non-hydrogen) atoms. The highest BCUT2D eigenvalue weighted by Gasteiger charge is 2.30. The smallest absolute Gasteiger partial charge is 0.394 e. The molecule has 2 rings (SSSR count). The number of likely N-dealkylation sites (tertiary alicyclic amines) is 1. The third-order valence-corrected chi connectivity index (χ3v) is 3.82. The van der Waals surface area contributed by atoms with Crippen LogP contribution in [0, 0.1) is 0 Å². The maximum absolute atomic E-state index is 12.4. The van der Waals surface area contributed by atoms with Crippen LogP contribution in [0.5, 0.6) is 0 Å². The Morgan fingerprint density at radius 2 is 2.00 bits per heavy atom. The minimum Gasteiger partial charge on any atom is -0.394 e. The number of carbonyl (C=O) groups is 1. The second kappa shape index (κ2) is 7.00. The van der Waals surface area contributed by atoms with E-state index in [9.17, 15) is 18.0 Å². The standard InChI is InChI=1S/C15H19F3N2O2/c16-15(17,18)12-5-3-11(4-6-12)7-8-19-14(22)20-9-1-2-13(20)10-21/h3-6,13,21H,1-2,7-10H2,(H,19,22)/t13-/m1/s1. The van der Waals surface area contributed by atoms with Gasteiger partial charge >= 0.3 is 12.2 Å². The molecular weight excluding hydrogens is 297 g/mol. The van der Waals surface area contributed by atoms with E-state index in [1.165, 1.54) is 12.1 Å². The molecule has 1 fully saturated rings. The van der Waals surface area contributed by atoms with Crippen molar-refractivity contribution in [2.45, 2.75) is 31.5 Å². The molecule has 0 spiro atoms.